The zero-order valence-electron chi connectivity index (χ0n) is 17.7. The van der Waals surface area contributed by atoms with Crippen LogP contribution in [0.1, 0.15) is 0 Å². The van der Waals surface area contributed by atoms with Crippen LogP contribution in [-0.4, -0.2) is 48.7 Å². The van der Waals surface area contributed by atoms with Crippen LogP contribution in [0.2, 0.25) is 0 Å². The lowest BCUT2D eigenvalue weighted by Gasteiger charge is -2.17. The minimum atomic E-state index is -3.75. The number of nitrogens with one attached hydrogen (secondary N) is 3. The maximum atomic E-state index is 12.9. The lowest BCUT2D eigenvalue weighted by molar-refractivity contribution is 0.252. The molecule has 0 heterocycles. The van der Waals surface area contributed by atoms with Gasteiger partial charge in [0, 0.05) is 49.3 Å². The summed E-state index contributed by atoms with van der Waals surface area (Å²) in [7, 11) is 1.64. The van der Waals surface area contributed by atoms with Gasteiger partial charge in [-0.25, -0.2) is 17.9 Å². The smallest absolute Gasteiger partial charge is 0.319 e. The number of hydrogen-bond donors (Lipinski definition) is 3. The van der Waals surface area contributed by atoms with Crippen molar-refractivity contribution in [3.8, 4) is 5.75 Å². The van der Waals surface area contributed by atoms with E-state index in [0.717, 1.165) is 11.1 Å². The fourth-order valence-corrected chi connectivity index (χ4v) is 4.43. The second-order valence-electron chi connectivity index (χ2n) is 7.03. The Morgan fingerprint density at radius 3 is 2.29 bits per heavy atom. The molecule has 0 unspecified atom stereocenters. The monoisotopic (exact) mass is 442 g/mol. The van der Waals surface area contributed by atoms with Gasteiger partial charge in [0.25, 0.3) is 0 Å². The number of benzene rings is 3. The van der Waals surface area contributed by atoms with Crippen LogP contribution < -0.4 is 25.0 Å². The average Bonchev–Trinajstić information content (AvgIpc) is 2.76. The molecule has 8 nitrogen and oxygen atoms in total. The standard InChI is InChI=1S/C22H26N4O4S/c1-26(2)20-8-4-7-19-18(20)6-5-9-21(19)31(28,29)24-15-14-23-22(27)25-16-10-12-17(30-3)13-11-16/h4-13,24H,14-15H2,1-3H3,(H2,23,25,27). The molecule has 3 rings (SSSR count). The molecule has 0 radical (unpaired) electrons. The Morgan fingerprint density at radius 1 is 0.935 bits per heavy atom. The first-order valence-corrected chi connectivity index (χ1v) is 11.2. The molecule has 0 aliphatic rings. The number of methoxy groups -OCH3 is 1. The highest BCUT2D eigenvalue weighted by atomic mass is 32.2. The largest absolute Gasteiger partial charge is 0.497 e. The average molecular weight is 443 g/mol. The van der Waals surface area contributed by atoms with Gasteiger partial charge in [-0.1, -0.05) is 24.3 Å². The zero-order valence-corrected chi connectivity index (χ0v) is 18.5. The third-order valence-electron chi connectivity index (χ3n) is 4.68. The molecule has 0 aromatic heterocycles. The molecule has 2 amide bonds. The number of amides is 2. The van der Waals surface area contributed by atoms with E-state index in [4.69, 9.17) is 4.74 Å². The Hall–Kier alpha value is -3.30. The summed E-state index contributed by atoms with van der Waals surface area (Å²) < 4.78 is 33.3. The SMILES string of the molecule is COc1ccc(NC(=O)NCCNS(=O)(=O)c2cccc3c(N(C)C)cccc23)cc1. The van der Waals surface area contributed by atoms with Gasteiger partial charge in [-0.3, -0.25) is 0 Å². The highest BCUT2D eigenvalue weighted by Crippen LogP contribution is 2.30. The zero-order chi connectivity index (χ0) is 22.4. The van der Waals surface area contributed by atoms with Crippen LogP contribution in [0.4, 0.5) is 16.2 Å². The number of rotatable bonds is 8. The van der Waals surface area contributed by atoms with E-state index in [0.29, 0.717) is 16.8 Å². The molecule has 0 spiro atoms. The van der Waals surface area contributed by atoms with Crippen molar-refractivity contribution in [2.45, 2.75) is 4.90 Å². The molecule has 0 saturated heterocycles. The fraction of sp³-hybridized carbons (Fsp3) is 0.227. The molecule has 0 saturated carbocycles. The van der Waals surface area contributed by atoms with Gasteiger partial charge in [-0.05, 0) is 36.4 Å². The van der Waals surface area contributed by atoms with E-state index in [9.17, 15) is 13.2 Å². The van der Waals surface area contributed by atoms with Crippen LogP contribution in [0.25, 0.3) is 10.8 Å². The Kier molecular flexibility index (Phi) is 6.98. The normalized spacial score (nSPS) is 11.2. The molecule has 0 atom stereocenters. The predicted octanol–water partition coefficient (Wildman–Crippen LogP) is 3.01. The van der Waals surface area contributed by atoms with Gasteiger partial charge >= 0.3 is 6.03 Å². The molecule has 31 heavy (non-hydrogen) atoms. The molecule has 9 heteroatoms. The van der Waals surface area contributed by atoms with E-state index in [1.807, 2.05) is 37.2 Å². The number of urea groups is 1. The second-order valence-corrected chi connectivity index (χ2v) is 8.77. The van der Waals surface area contributed by atoms with Gasteiger partial charge in [-0.15, -0.1) is 0 Å². The van der Waals surface area contributed by atoms with Crippen molar-refractivity contribution in [3.63, 3.8) is 0 Å². The number of anilines is 2. The summed E-state index contributed by atoms with van der Waals surface area (Å²) in [6, 6.07) is 17.2. The number of ether oxygens (including phenoxy) is 1. The van der Waals surface area contributed by atoms with Crippen molar-refractivity contribution in [1.29, 1.82) is 0 Å². The van der Waals surface area contributed by atoms with Crippen molar-refractivity contribution in [2.75, 3.05) is 44.5 Å². The van der Waals surface area contributed by atoms with Crippen LogP contribution in [0.5, 0.6) is 5.75 Å². The van der Waals surface area contributed by atoms with Crippen LogP contribution in [0, 0.1) is 0 Å². The molecule has 0 fully saturated rings. The third kappa shape index (κ3) is 5.44. The van der Waals surface area contributed by atoms with E-state index in [-0.39, 0.29) is 18.0 Å². The molecular weight excluding hydrogens is 416 g/mol. The number of carbonyl (C=O) groups excluding carboxylic acids is 1. The fourth-order valence-electron chi connectivity index (χ4n) is 3.18. The Balaban J connectivity index is 1.60. The number of carbonyl (C=O) groups is 1. The summed E-state index contributed by atoms with van der Waals surface area (Å²) in [4.78, 5) is 14.1. The number of fused-ring (bicyclic) bond motifs is 1. The highest BCUT2D eigenvalue weighted by Gasteiger charge is 2.18. The molecular formula is C22H26N4O4S. The minimum Gasteiger partial charge on any atom is -0.497 e. The molecule has 3 aromatic rings. The lowest BCUT2D eigenvalue weighted by atomic mass is 10.1. The van der Waals surface area contributed by atoms with E-state index < -0.39 is 16.1 Å². The predicted molar refractivity (Wildman–Crippen MR) is 123 cm³/mol. The summed E-state index contributed by atoms with van der Waals surface area (Å²) in [5, 5.41) is 6.81. The first-order valence-electron chi connectivity index (χ1n) is 9.69. The lowest BCUT2D eigenvalue weighted by Crippen LogP contribution is -2.36. The topological polar surface area (TPSA) is 99.8 Å². The first-order chi connectivity index (χ1) is 14.8. The van der Waals surface area contributed by atoms with Crippen molar-refractivity contribution < 1.29 is 17.9 Å². The first kappa shape index (κ1) is 22.4. The van der Waals surface area contributed by atoms with Crippen LogP contribution in [-0.2, 0) is 10.0 Å². The van der Waals surface area contributed by atoms with E-state index in [1.54, 1.807) is 49.6 Å². The van der Waals surface area contributed by atoms with E-state index >= 15 is 0 Å². The second kappa shape index (κ2) is 9.67. The minimum absolute atomic E-state index is 0.0577. The third-order valence-corrected chi connectivity index (χ3v) is 6.20. The number of sulfonamides is 1. The Labute approximate surface area is 182 Å². The maximum absolute atomic E-state index is 12.9. The summed E-state index contributed by atoms with van der Waals surface area (Å²) in [6.07, 6.45) is 0. The summed E-state index contributed by atoms with van der Waals surface area (Å²) >= 11 is 0. The Bertz CT molecular complexity index is 1160. The van der Waals surface area contributed by atoms with Crippen LogP contribution >= 0.6 is 0 Å². The molecule has 3 aromatic carbocycles. The summed E-state index contributed by atoms with van der Waals surface area (Å²) in [6.45, 7) is 0.192. The molecule has 164 valence electrons. The van der Waals surface area contributed by atoms with E-state index in [1.165, 1.54) is 0 Å². The van der Waals surface area contributed by atoms with Crippen molar-refractivity contribution in [2.24, 2.45) is 0 Å². The van der Waals surface area contributed by atoms with Gasteiger partial charge in [-0.2, -0.15) is 0 Å². The maximum Gasteiger partial charge on any atom is 0.319 e. The van der Waals surface area contributed by atoms with Gasteiger partial charge in [0.05, 0.1) is 12.0 Å². The van der Waals surface area contributed by atoms with Gasteiger partial charge in [0.2, 0.25) is 10.0 Å². The van der Waals surface area contributed by atoms with Crippen molar-refractivity contribution in [1.82, 2.24) is 10.0 Å². The molecule has 0 bridgehead atoms. The quantitative estimate of drug-likeness (QED) is 0.466. The molecule has 3 N–H and O–H groups in total. The van der Waals surface area contributed by atoms with Crippen molar-refractivity contribution in [3.05, 3.63) is 60.7 Å². The summed E-state index contributed by atoms with van der Waals surface area (Å²) in [5.41, 5.74) is 1.54. The van der Waals surface area contributed by atoms with Gasteiger partial charge in [0.15, 0.2) is 0 Å². The van der Waals surface area contributed by atoms with Crippen LogP contribution in [0.3, 0.4) is 0 Å². The van der Waals surface area contributed by atoms with Crippen molar-refractivity contribution >= 4 is 38.2 Å². The van der Waals surface area contributed by atoms with Crippen LogP contribution in [0.15, 0.2) is 65.6 Å². The highest BCUT2D eigenvalue weighted by molar-refractivity contribution is 7.89. The number of hydrogen-bond acceptors (Lipinski definition) is 5. The van der Waals surface area contributed by atoms with Gasteiger partial charge < -0.3 is 20.3 Å². The molecule has 0 aliphatic heterocycles. The van der Waals surface area contributed by atoms with E-state index in [2.05, 4.69) is 15.4 Å². The number of nitrogens with zero attached hydrogens (tertiary/aromatic N) is 1. The molecule has 0 aliphatic carbocycles. The Morgan fingerprint density at radius 2 is 1.61 bits per heavy atom. The van der Waals surface area contributed by atoms with Gasteiger partial charge in [0.1, 0.15) is 5.75 Å². The summed E-state index contributed by atoms with van der Waals surface area (Å²) in [5.74, 6) is 0.687.